The molecule has 0 saturated carbocycles. The lowest BCUT2D eigenvalue weighted by Gasteiger charge is -2.37. The van der Waals surface area contributed by atoms with E-state index < -0.39 is 0 Å². The van der Waals surface area contributed by atoms with E-state index in [0.717, 1.165) is 0 Å². The molecule has 0 aliphatic carbocycles. The average Bonchev–Trinajstić information content (AvgIpc) is 2.35. The van der Waals surface area contributed by atoms with E-state index in [2.05, 4.69) is 74.1 Å². The predicted octanol–water partition coefficient (Wildman–Crippen LogP) is 4.15. The average molecular weight is 238 g/mol. The molecule has 0 radical (unpaired) electrons. The van der Waals surface area contributed by atoms with E-state index in [9.17, 15) is 0 Å². The van der Waals surface area contributed by atoms with Gasteiger partial charge in [0, 0.05) is 14.1 Å². The van der Waals surface area contributed by atoms with Crippen molar-refractivity contribution in [2.24, 2.45) is 0 Å². The molecule has 0 unspecified atom stereocenters. The fraction of sp³-hybridized carbons (Fsp3) is 0.250. The summed E-state index contributed by atoms with van der Waals surface area (Å²) in [6, 6.07) is 13.1. The van der Waals surface area contributed by atoms with Crippen LogP contribution in [0.15, 0.2) is 36.4 Å². The lowest BCUT2D eigenvalue weighted by atomic mass is 10.0. The van der Waals surface area contributed by atoms with Gasteiger partial charge >= 0.3 is 0 Å². The third kappa shape index (κ3) is 1.42. The van der Waals surface area contributed by atoms with Crippen LogP contribution in [0.2, 0.25) is 0 Å². The van der Waals surface area contributed by atoms with Gasteiger partial charge in [0.15, 0.2) is 0 Å². The molecular formula is C16H18N2. The highest BCUT2D eigenvalue weighted by Gasteiger charge is 2.24. The second kappa shape index (κ2) is 3.77. The van der Waals surface area contributed by atoms with Gasteiger partial charge in [-0.25, -0.2) is 0 Å². The minimum atomic E-state index is 1.27. The van der Waals surface area contributed by atoms with Crippen molar-refractivity contribution in [2.75, 3.05) is 23.9 Å². The van der Waals surface area contributed by atoms with Crippen LogP contribution in [0.1, 0.15) is 11.1 Å². The molecule has 18 heavy (non-hydrogen) atoms. The first kappa shape index (κ1) is 11.1. The highest BCUT2D eigenvalue weighted by molar-refractivity contribution is 5.94. The SMILES string of the molecule is Cc1ccc2c(c1)N(C)c1c(C)cccc1N2C. The van der Waals surface area contributed by atoms with E-state index in [-0.39, 0.29) is 0 Å². The maximum Gasteiger partial charge on any atom is 0.0679 e. The summed E-state index contributed by atoms with van der Waals surface area (Å²) in [6.45, 7) is 4.31. The van der Waals surface area contributed by atoms with Crippen LogP contribution in [0.5, 0.6) is 0 Å². The summed E-state index contributed by atoms with van der Waals surface area (Å²) in [4.78, 5) is 4.57. The normalized spacial score (nSPS) is 13.3. The molecule has 0 amide bonds. The number of nitrogens with zero attached hydrogens (tertiary/aromatic N) is 2. The lowest BCUT2D eigenvalue weighted by Crippen LogP contribution is -2.25. The van der Waals surface area contributed by atoms with Gasteiger partial charge in [-0.05, 0) is 43.2 Å². The number of anilines is 4. The Morgan fingerprint density at radius 2 is 1.56 bits per heavy atom. The Labute approximate surface area is 108 Å². The van der Waals surface area contributed by atoms with Gasteiger partial charge in [0.1, 0.15) is 0 Å². The van der Waals surface area contributed by atoms with Crippen LogP contribution in [0, 0.1) is 13.8 Å². The first-order valence-corrected chi connectivity index (χ1v) is 6.27. The third-order valence-electron chi connectivity index (χ3n) is 3.77. The van der Waals surface area contributed by atoms with Gasteiger partial charge in [-0.1, -0.05) is 18.2 Å². The number of fused-ring (bicyclic) bond motifs is 2. The summed E-state index contributed by atoms with van der Waals surface area (Å²) in [5.74, 6) is 0. The Hall–Kier alpha value is -1.96. The Kier molecular flexibility index (Phi) is 2.34. The molecule has 1 aliphatic heterocycles. The fourth-order valence-electron chi connectivity index (χ4n) is 2.79. The topological polar surface area (TPSA) is 6.48 Å². The van der Waals surface area contributed by atoms with E-state index in [4.69, 9.17) is 0 Å². The summed E-state index contributed by atoms with van der Waals surface area (Å²) in [5, 5.41) is 0. The van der Waals surface area contributed by atoms with Gasteiger partial charge in [0.2, 0.25) is 0 Å². The monoisotopic (exact) mass is 238 g/mol. The molecule has 2 aromatic carbocycles. The number of benzene rings is 2. The predicted molar refractivity (Wildman–Crippen MR) is 78.5 cm³/mol. The van der Waals surface area contributed by atoms with Gasteiger partial charge < -0.3 is 9.80 Å². The molecule has 2 aromatic rings. The van der Waals surface area contributed by atoms with Crippen molar-refractivity contribution >= 4 is 22.7 Å². The Bertz CT molecular complexity index is 616. The first-order valence-electron chi connectivity index (χ1n) is 6.27. The van der Waals surface area contributed by atoms with E-state index in [1.165, 1.54) is 33.9 Å². The molecular weight excluding hydrogens is 220 g/mol. The molecule has 2 nitrogen and oxygen atoms in total. The number of rotatable bonds is 0. The van der Waals surface area contributed by atoms with Crippen LogP contribution in [-0.2, 0) is 0 Å². The van der Waals surface area contributed by atoms with E-state index in [1.54, 1.807) is 0 Å². The Morgan fingerprint density at radius 3 is 2.33 bits per heavy atom. The molecule has 1 aliphatic rings. The van der Waals surface area contributed by atoms with Gasteiger partial charge in [-0.15, -0.1) is 0 Å². The highest BCUT2D eigenvalue weighted by atomic mass is 15.2. The summed E-state index contributed by atoms with van der Waals surface area (Å²) in [5.41, 5.74) is 7.73. The van der Waals surface area contributed by atoms with Crippen molar-refractivity contribution in [3.05, 3.63) is 47.5 Å². The largest absolute Gasteiger partial charge is 0.341 e. The second-order valence-electron chi connectivity index (χ2n) is 5.05. The molecule has 0 N–H and O–H groups in total. The lowest BCUT2D eigenvalue weighted by molar-refractivity contribution is 1.08. The summed E-state index contributed by atoms with van der Waals surface area (Å²) in [6.07, 6.45) is 0. The van der Waals surface area contributed by atoms with Gasteiger partial charge in [0.25, 0.3) is 0 Å². The Balaban J connectivity index is 2.28. The maximum atomic E-state index is 2.30. The van der Waals surface area contributed by atoms with Gasteiger partial charge in [0.05, 0.1) is 22.7 Å². The van der Waals surface area contributed by atoms with Crippen molar-refractivity contribution in [3.63, 3.8) is 0 Å². The molecule has 1 heterocycles. The summed E-state index contributed by atoms with van der Waals surface area (Å²) < 4.78 is 0. The third-order valence-corrected chi connectivity index (χ3v) is 3.77. The van der Waals surface area contributed by atoms with Gasteiger partial charge in [-0.2, -0.15) is 0 Å². The van der Waals surface area contributed by atoms with Crippen LogP contribution in [-0.4, -0.2) is 14.1 Å². The number of para-hydroxylation sites is 1. The van der Waals surface area contributed by atoms with E-state index in [0.29, 0.717) is 0 Å². The molecule has 0 aromatic heterocycles. The van der Waals surface area contributed by atoms with Gasteiger partial charge in [-0.3, -0.25) is 0 Å². The number of aryl methyl sites for hydroxylation is 2. The van der Waals surface area contributed by atoms with E-state index >= 15 is 0 Å². The molecule has 0 saturated heterocycles. The quantitative estimate of drug-likeness (QED) is 0.680. The van der Waals surface area contributed by atoms with Crippen LogP contribution in [0.25, 0.3) is 0 Å². The fourth-order valence-corrected chi connectivity index (χ4v) is 2.79. The summed E-state index contributed by atoms with van der Waals surface area (Å²) in [7, 11) is 4.29. The van der Waals surface area contributed by atoms with E-state index in [1.807, 2.05) is 0 Å². The molecule has 0 atom stereocenters. The highest BCUT2D eigenvalue weighted by Crippen LogP contribution is 2.47. The van der Waals surface area contributed by atoms with Crippen LogP contribution < -0.4 is 9.80 Å². The van der Waals surface area contributed by atoms with Crippen molar-refractivity contribution in [3.8, 4) is 0 Å². The van der Waals surface area contributed by atoms with Crippen LogP contribution >= 0.6 is 0 Å². The zero-order valence-corrected chi connectivity index (χ0v) is 11.4. The second-order valence-corrected chi connectivity index (χ2v) is 5.05. The molecule has 2 heteroatoms. The molecule has 0 spiro atoms. The van der Waals surface area contributed by atoms with Crippen molar-refractivity contribution < 1.29 is 0 Å². The Morgan fingerprint density at radius 1 is 0.778 bits per heavy atom. The minimum Gasteiger partial charge on any atom is -0.341 e. The zero-order chi connectivity index (χ0) is 12.9. The minimum absolute atomic E-state index is 1.27. The summed E-state index contributed by atoms with van der Waals surface area (Å²) >= 11 is 0. The maximum absolute atomic E-state index is 2.30. The number of hydrogen-bond donors (Lipinski definition) is 0. The standard InChI is InChI=1S/C16H18N2/c1-11-8-9-13-15(10-11)18(4)16-12(2)6-5-7-14(16)17(13)3/h5-10H,1-4H3. The van der Waals surface area contributed by atoms with Crippen molar-refractivity contribution in [2.45, 2.75) is 13.8 Å². The van der Waals surface area contributed by atoms with Crippen molar-refractivity contribution in [1.82, 2.24) is 0 Å². The van der Waals surface area contributed by atoms with Crippen LogP contribution in [0.3, 0.4) is 0 Å². The smallest absolute Gasteiger partial charge is 0.0679 e. The first-order chi connectivity index (χ1) is 8.59. The zero-order valence-electron chi connectivity index (χ0n) is 11.4. The van der Waals surface area contributed by atoms with Crippen LogP contribution in [0.4, 0.5) is 22.7 Å². The molecule has 0 fully saturated rings. The number of hydrogen-bond acceptors (Lipinski definition) is 2. The molecule has 92 valence electrons. The van der Waals surface area contributed by atoms with Crippen molar-refractivity contribution in [1.29, 1.82) is 0 Å². The molecule has 3 rings (SSSR count). The molecule has 0 bridgehead atoms.